The van der Waals surface area contributed by atoms with Crippen LogP contribution in [0.1, 0.15) is 31.1 Å². The van der Waals surface area contributed by atoms with Crippen molar-refractivity contribution in [1.29, 1.82) is 0 Å². The lowest BCUT2D eigenvalue weighted by atomic mass is 10.2. The van der Waals surface area contributed by atoms with Crippen LogP contribution in [0.3, 0.4) is 0 Å². The van der Waals surface area contributed by atoms with Crippen molar-refractivity contribution in [2.24, 2.45) is 0 Å². The third-order valence-corrected chi connectivity index (χ3v) is 5.07. The Morgan fingerprint density at radius 2 is 1.95 bits per heavy atom. The van der Waals surface area contributed by atoms with Gasteiger partial charge in [-0.1, -0.05) is 0 Å². The molecule has 0 aliphatic heterocycles. The predicted octanol–water partition coefficient (Wildman–Crippen LogP) is 2.74. The number of carbonyl (C=O) groups is 1. The minimum Gasteiger partial charge on any atom is -0.478 e. The molecule has 0 heterocycles. The second-order valence-corrected chi connectivity index (χ2v) is 8.16. The summed E-state index contributed by atoms with van der Waals surface area (Å²) < 4.78 is 30.2. The second-order valence-electron chi connectivity index (χ2n) is 5.23. The molecule has 0 fully saturated rings. The molecule has 0 aromatic heterocycles. The number of carboxylic acids is 1. The number of hydrogen-bond donors (Lipinski definition) is 1. The first kappa shape index (κ1) is 17.1. The lowest BCUT2D eigenvalue weighted by molar-refractivity contribution is 0.00644. The number of ether oxygens (including phenoxy) is 1. The normalized spacial score (nSPS) is 12.4. The van der Waals surface area contributed by atoms with Crippen molar-refractivity contribution >= 4 is 31.7 Å². The van der Waals surface area contributed by atoms with E-state index in [0.29, 0.717) is 4.47 Å². The number of aromatic carboxylic acids is 1. The summed E-state index contributed by atoms with van der Waals surface area (Å²) in [6.07, 6.45) is 0. The Hall–Kier alpha value is -0.920. The summed E-state index contributed by atoms with van der Waals surface area (Å²) in [5.41, 5.74) is -0.487. The van der Waals surface area contributed by atoms with Gasteiger partial charge in [-0.15, -0.1) is 0 Å². The molecule has 1 aromatic rings. The van der Waals surface area contributed by atoms with Gasteiger partial charge in [-0.25, -0.2) is 13.2 Å². The Labute approximate surface area is 127 Å². The van der Waals surface area contributed by atoms with Gasteiger partial charge in [-0.05, 0) is 54.9 Å². The molecular weight excluding hydrogens is 348 g/mol. The van der Waals surface area contributed by atoms with Crippen molar-refractivity contribution in [1.82, 2.24) is 0 Å². The van der Waals surface area contributed by atoms with E-state index in [-0.39, 0.29) is 22.8 Å². The summed E-state index contributed by atoms with van der Waals surface area (Å²) in [5, 5.41) is 8.91. The molecule has 0 bridgehead atoms. The Morgan fingerprint density at radius 1 is 1.35 bits per heavy atom. The Balaban J connectivity index is 2.97. The third kappa shape index (κ3) is 4.88. The maximum Gasteiger partial charge on any atom is 0.335 e. The second kappa shape index (κ2) is 6.24. The minimum absolute atomic E-state index is 0.0325. The molecule has 5 nitrogen and oxygen atoms in total. The lowest BCUT2D eigenvalue weighted by Gasteiger charge is -2.19. The van der Waals surface area contributed by atoms with Gasteiger partial charge in [0.1, 0.15) is 0 Å². The van der Waals surface area contributed by atoms with Gasteiger partial charge in [0.2, 0.25) is 0 Å². The number of benzene rings is 1. The molecule has 0 aliphatic rings. The largest absolute Gasteiger partial charge is 0.478 e. The standard InChI is InChI=1S/C13H17BrO5S/c1-13(2,3)19-6-7-20(17,18)11-8-9(12(15)16)4-5-10(11)14/h4-5,8H,6-7H2,1-3H3,(H,15,16). The highest BCUT2D eigenvalue weighted by Gasteiger charge is 2.21. The van der Waals surface area contributed by atoms with E-state index >= 15 is 0 Å². The molecular formula is C13H17BrO5S. The van der Waals surface area contributed by atoms with Crippen molar-refractivity contribution in [3.8, 4) is 0 Å². The van der Waals surface area contributed by atoms with Crippen LogP contribution in [0.5, 0.6) is 0 Å². The molecule has 1 rings (SSSR count). The molecule has 0 radical (unpaired) electrons. The highest BCUT2D eigenvalue weighted by Crippen LogP contribution is 2.24. The van der Waals surface area contributed by atoms with Gasteiger partial charge in [-0.3, -0.25) is 0 Å². The van der Waals surface area contributed by atoms with Crippen molar-refractivity contribution in [2.75, 3.05) is 12.4 Å². The van der Waals surface area contributed by atoms with Crippen molar-refractivity contribution in [3.05, 3.63) is 28.2 Å². The van der Waals surface area contributed by atoms with E-state index < -0.39 is 21.4 Å². The van der Waals surface area contributed by atoms with E-state index in [4.69, 9.17) is 9.84 Å². The zero-order valence-corrected chi connectivity index (χ0v) is 13.9. The van der Waals surface area contributed by atoms with Crippen LogP contribution in [0.15, 0.2) is 27.6 Å². The topological polar surface area (TPSA) is 80.7 Å². The molecule has 0 atom stereocenters. The van der Waals surface area contributed by atoms with Gasteiger partial charge >= 0.3 is 5.97 Å². The monoisotopic (exact) mass is 364 g/mol. The number of hydrogen-bond acceptors (Lipinski definition) is 4. The smallest absolute Gasteiger partial charge is 0.335 e. The van der Waals surface area contributed by atoms with E-state index in [1.54, 1.807) is 0 Å². The molecule has 0 saturated carbocycles. The van der Waals surface area contributed by atoms with E-state index in [1.165, 1.54) is 12.1 Å². The average molecular weight is 365 g/mol. The fourth-order valence-corrected chi connectivity index (χ4v) is 3.62. The van der Waals surface area contributed by atoms with Crippen LogP contribution >= 0.6 is 15.9 Å². The minimum atomic E-state index is -3.60. The molecule has 1 aromatic carbocycles. The maximum atomic E-state index is 12.2. The molecule has 20 heavy (non-hydrogen) atoms. The van der Waals surface area contributed by atoms with E-state index in [9.17, 15) is 13.2 Å². The highest BCUT2D eigenvalue weighted by atomic mass is 79.9. The van der Waals surface area contributed by atoms with Crippen LogP contribution < -0.4 is 0 Å². The fraction of sp³-hybridized carbons (Fsp3) is 0.462. The SMILES string of the molecule is CC(C)(C)OCCS(=O)(=O)c1cc(C(=O)O)ccc1Br. The van der Waals surface area contributed by atoms with Crippen LogP contribution in [0.2, 0.25) is 0 Å². The summed E-state index contributed by atoms with van der Waals surface area (Å²) in [6.45, 7) is 5.55. The van der Waals surface area contributed by atoms with Crippen molar-refractivity contribution < 1.29 is 23.1 Å². The summed E-state index contributed by atoms with van der Waals surface area (Å²) >= 11 is 3.13. The summed E-state index contributed by atoms with van der Waals surface area (Å²) in [4.78, 5) is 10.9. The zero-order valence-electron chi connectivity index (χ0n) is 11.5. The van der Waals surface area contributed by atoms with Gasteiger partial charge < -0.3 is 9.84 Å². The molecule has 0 unspecified atom stereocenters. The van der Waals surface area contributed by atoms with E-state index in [2.05, 4.69) is 15.9 Å². The molecule has 1 N–H and O–H groups in total. The van der Waals surface area contributed by atoms with Gasteiger partial charge in [0.15, 0.2) is 9.84 Å². The molecule has 112 valence electrons. The fourth-order valence-electron chi connectivity index (χ4n) is 1.44. The van der Waals surface area contributed by atoms with Crippen molar-refractivity contribution in [3.63, 3.8) is 0 Å². The van der Waals surface area contributed by atoms with Crippen LogP contribution in [0.25, 0.3) is 0 Å². The van der Waals surface area contributed by atoms with E-state index in [0.717, 1.165) is 6.07 Å². The van der Waals surface area contributed by atoms with Crippen LogP contribution in [0.4, 0.5) is 0 Å². The Morgan fingerprint density at radius 3 is 2.45 bits per heavy atom. The van der Waals surface area contributed by atoms with Gasteiger partial charge in [-0.2, -0.15) is 0 Å². The van der Waals surface area contributed by atoms with E-state index in [1.807, 2.05) is 20.8 Å². The molecule has 0 saturated heterocycles. The van der Waals surface area contributed by atoms with Gasteiger partial charge in [0.25, 0.3) is 0 Å². The Kier molecular flexibility index (Phi) is 5.34. The number of rotatable bonds is 5. The molecule has 7 heteroatoms. The van der Waals surface area contributed by atoms with Gasteiger partial charge in [0, 0.05) is 4.47 Å². The Bertz CT molecular complexity index is 602. The molecule has 0 spiro atoms. The average Bonchev–Trinajstić information content (AvgIpc) is 2.26. The quantitative estimate of drug-likeness (QED) is 0.868. The van der Waals surface area contributed by atoms with Crippen molar-refractivity contribution in [2.45, 2.75) is 31.3 Å². The first-order valence-electron chi connectivity index (χ1n) is 5.92. The van der Waals surface area contributed by atoms with Crippen LogP contribution in [0, 0.1) is 0 Å². The lowest BCUT2D eigenvalue weighted by Crippen LogP contribution is -2.23. The van der Waals surface area contributed by atoms with Gasteiger partial charge in [0.05, 0.1) is 28.4 Å². The first-order chi connectivity index (χ1) is 9.03. The first-order valence-corrected chi connectivity index (χ1v) is 8.37. The third-order valence-electron chi connectivity index (χ3n) is 2.40. The maximum absolute atomic E-state index is 12.2. The summed E-state index contributed by atoms with van der Waals surface area (Å²) in [7, 11) is -3.60. The van der Waals surface area contributed by atoms with Crippen LogP contribution in [-0.2, 0) is 14.6 Å². The zero-order chi connectivity index (χ0) is 15.6. The summed E-state index contributed by atoms with van der Waals surface area (Å²) in [6, 6.07) is 3.91. The van der Waals surface area contributed by atoms with Crippen LogP contribution in [-0.4, -0.2) is 37.5 Å². The molecule has 0 amide bonds. The molecule has 0 aliphatic carbocycles. The highest BCUT2D eigenvalue weighted by molar-refractivity contribution is 9.10. The number of carboxylic acid groups (broad SMARTS) is 1. The number of sulfone groups is 1. The summed E-state index contributed by atoms with van der Waals surface area (Å²) in [5.74, 6) is -1.37. The predicted molar refractivity (Wildman–Crippen MR) is 78.9 cm³/mol. The number of halogens is 1.